The van der Waals surface area contributed by atoms with Crippen LogP contribution < -0.4 is 11.0 Å². The average Bonchev–Trinajstić information content (AvgIpc) is 2.81. The van der Waals surface area contributed by atoms with Crippen LogP contribution in [0.5, 0.6) is 0 Å². The van der Waals surface area contributed by atoms with E-state index in [-0.39, 0.29) is 11.0 Å². The van der Waals surface area contributed by atoms with Crippen molar-refractivity contribution in [2.75, 3.05) is 14.2 Å². The van der Waals surface area contributed by atoms with Crippen molar-refractivity contribution in [2.45, 2.75) is 0 Å². The highest BCUT2D eigenvalue weighted by atomic mass is 35.5. The zero-order valence-electron chi connectivity index (χ0n) is 10.3. The van der Waals surface area contributed by atoms with Gasteiger partial charge in [-0.25, -0.2) is 4.68 Å². The molecular weight excluding hydrogens is 291 g/mol. The summed E-state index contributed by atoms with van der Waals surface area (Å²) in [7, 11) is -0.968. The molecule has 0 atom stereocenters. The molecule has 0 aliphatic rings. The van der Waals surface area contributed by atoms with Crippen molar-refractivity contribution in [1.29, 1.82) is 0 Å². The van der Waals surface area contributed by atoms with Gasteiger partial charge < -0.3 is 9.05 Å². The van der Waals surface area contributed by atoms with E-state index in [1.54, 1.807) is 24.3 Å². The summed E-state index contributed by atoms with van der Waals surface area (Å²) in [4.78, 5) is 11.9. The molecular formula is C11H12ClN2O4P. The molecule has 0 amide bonds. The van der Waals surface area contributed by atoms with Crippen LogP contribution in [-0.2, 0) is 13.6 Å². The van der Waals surface area contributed by atoms with Gasteiger partial charge in [0.15, 0.2) is 5.44 Å². The van der Waals surface area contributed by atoms with E-state index in [9.17, 15) is 9.36 Å². The van der Waals surface area contributed by atoms with Crippen LogP contribution in [-0.4, -0.2) is 24.0 Å². The Hall–Kier alpha value is -1.33. The molecule has 1 N–H and O–H groups in total. The lowest BCUT2D eigenvalue weighted by Crippen LogP contribution is -2.14. The van der Waals surface area contributed by atoms with Crippen molar-refractivity contribution in [1.82, 2.24) is 9.78 Å². The van der Waals surface area contributed by atoms with E-state index >= 15 is 0 Å². The molecule has 6 nitrogen and oxygen atoms in total. The lowest BCUT2D eigenvalue weighted by molar-refractivity contribution is 0.286. The van der Waals surface area contributed by atoms with E-state index in [4.69, 9.17) is 20.6 Å². The van der Waals surface area contributed by atoms with Crippen LogP contribution in [0.2, 0.25) is 5.02 Å². The van der Waals surface area contributed by atoms with Crippen molar-refractivity contribution < 1.29 is 13.6 Å². The average molecular weight is 303 g/mol. The molecule has 1 aromatic carbocycles. The summed E-state index contributed by atoms with van der Waals surface area (Å²) < 4.78 is 23.0. The van der Waals surface area contributed by atoms with Gasteiger partial charge >= 0.3 is 7.60 Å². The summed E-state index contributed by atoms with van der Waals surface area (Å²) in [5, 5.41) is 3.27. The van der Waals surface area contributed by atoms with Gasteiger partial charge in [-0.15, -0.1) is 0 Å². The van der Waals surface area contributed by atoms with Crippen LogP contribution in [0, 0.1) is 0 Å². The number of benzene rings is 1. The van der Waals surface area contributed by atoms with Crippen molar-refractivity contribution >= 4 is 24.6 Å². The Morgan fingerprint density at radius 1 is 1.21 bits per heavy atom. The summed E-state index contributed by atoms with van der Waals surface area (Å²) in [6.45, 7) is 0. The van der Waals surface area contributed by atoms with Crippen LogP contribution in [0.1, 0.15) is 0 Å². The zero-order chi connectivity index (χ0) is 14.0. The number of nitrogens with zero attached hydrogens (tertiary/aromatic N) is 1. The molecule has 102 valence electrons. The summed E-state index contributed by atoms with van der Waals surface area (Å²) in [6, 6.07) is 7.80. The van der Waals surface area contributed by atoms with Crippen molar-refractivity contribution in [3.8, 4) is 5.69 Å². The minimum absolute atomic E-state index is 0.0949. The standard InChI is InChI=1S/C11H12ClN2O4P/c1-17-19(16,18-2)10-7-11(15)14(13-10)9-5-3-8(12)4-6-9/h3-7,13H,1-2H3. The van der Waals surface area contributed by atoms with Crippen molar-refractivity contribution in [2.24, 2.45) is 0 Å². The predicted molar refractivity (Wildman–Crippen MR) is 72.7 cm³/mol. The first-order valence-electron chi connectivity index (χ1n) is 5.30. The second-order valence-electron chi connectivity index (χ2n) is 3.65. The summed E-state index contributed by atoms with van der Waals surface area (Å²) in [5.74, 6) is 0. The Labute approximate surface area is 114 Å². The first-order chi connectivity index (χ1) is 9.00. The van der Waals surface area contributed by atoms with E-state index in [0.29, 0.717) is 10.7 Å². The molecule has 0 fully saturated rings. The van der Waals surface area contributed by atoms with Crippen molar-refractivity contribution in [3.05, 3.63) is 45.7 Å². The highest BCUT2D eigenvalue weighted by Gasteiger charge is 2.27. The molecule has 0 saturated carbocycles. The second kappa shape index (κ2) is 5.35. The molecule has 0 spiro atoms. The molecule has 0 aliphatic carbocycles. The first kappa shape index (κ1) is 14.1. The highest BCUT2D eigenvalue weighted by Crippen LogP contribution is 2.43. The molecule has 0 unspecified atom stereocenters. The van der Waals surface area contributed by atoms with Crippen LogP contribution in [0.25, 0.3) is 5.69 Å². The number of hydrogen-bond acceptors (Lipinski definition) is 4. The predicted octanol–water partition coefficient (Wildman–Crippen LogP) is 1.93. The van der Waals surface area contributed by atoms with E-state index in [2.05, 4.69) is 5.10 Å². The minimum Gasteiger partial charge on any atom is -0.308 e. The Balaban J connectivity index is 2.51. The molecule has 2 rings (SSSR count). The van der Waals surface area contributed by atoms with Gasteiger partial charge in [0, 0.05) is 25.3 Å². The fourth-order valence-electron chi connectivity index (χ4n) is 1.58. The largest absolute Gasteiger partial charge is 0.378 e. The van der Waals surface area contributed by atoms with Gasteiger partial charge in [0.05, 0.1) is 5.69 Å². The SMILES string of the molecule is COP(=O)(OC)c1cc(=O)n(-c2ccc(Cl)cc2)[nH]1. The molecule has 8 heteroatoms. The molecule has 1 aromatic heterocycles. The zero-order valence-corrected chi connectivity index (χ0v) is 11.9. The fraction of sp³-hybridized carbons (Fsp3) is 0.182. The van der Waals surface area contributed by atoms with Gasteiger partial charge in [0.2, 0.25) is 0 Å². The highest BCUT2D eigenvalue weighted by molar-refractivity contribution is 7.61. The number of aromatic amines is 1. The fourth-order valence-corrected chi connectivity index (χ4v) is 2.74. The van der Waals surface area contributed by atoms with Gasteiger partial charge in [0.1, 0.15) is 0 Å². The lowest BCUT2D eigenvalue weighted by atomic mass is 10.3. The van der Waals surface area contributed by atoms with Crippen LogP contribution in [0.4, 0.5) is 0 Å². The van der Waals surface area contributed by atoms with Gasteiger partial charge in [-0.3, -0.25) is 14.5 Å². The molecule has 0 radical (unpaired) electrons. The number of aromatic nitrogens is 2. The normalized spacial score (nSPS) is 11.7. The van der Waals surface area contributed by atoms with Crippen molar-refractivity contribution in [3.63, 3.8) is 0 Å². The topological polar surface area (TPSA) is 73.3 Å². The monoisotopic (exact) mass is 302 g/mol. The Morgan fingerprint density at radius 2 is 1.79 bits per heavy atom. The smallest absolute Gasteiger partial charge is 0.308 e. The van der Waals surface area contributed by atoms with Gasteiger partial charge in [-0.2, -0.15) is 0 Å². The van der Waals surface area contributed by atoms with Crippen LogP contribution in [0.15, 0.2) is 35.1 Å². The molecule has 0 saturated heterocycles. The maximum atomic E-state index is 12.2. The Kier molecular flexibility index (Phi) is 3.96. The van der Waals surface area contributed by atoms with Gasteiger partial charge in [-0.1, -0.05) is 11.6 Å². The molecule has 19 heavy (non-hydrogen) atoms. The number of halogens is 1. The van der Waals surface area contributed by atoms with E-state index in [0.717, 1.165) is 0 Å². The molecule has 1 heterocycles. The van der Waals surface area contributed by atoms with E-state index in [1.807, 2.05) is 0 Å². The third-order valence-electron chi connectivity index (χ3n) is 2.57. The third kappa shape index (κ3) is 2.67. The maximum Gasteiger partial charge on any atom is 0.378 e. The van der Waals surface area contributed by atoms with Crippen LogP contribution >= 0.6 is 19.2 Å². The third-order valence-corrected chi connectivity index (χ3v) is 4.60. The quantitative estimate of drug-likeness (QED) is 0.876. The molecule has 0 aliphatic heterocycles. The first-order valence-corrected chi connectivity index (χ1v) is 7.22. The Morgan fingerprint density at radius 3 is 2.32 bits per heavy atom. The van der Waals surface area contributed by atoms with Gasteiger partial charge in [0.25, 0.3) is 5.56 Å². The summed E-state index contributed by atoms with van der Waals surface area (Å²) in [5.41, 5.74) is 0.295. The second-order valence-corrected chi connectivity index (χ2v) is 6.30. The molecule has 0 bridgehead atoms. The summed E-state index contributed by atoms with van der Waals surface area (Å²) >= 11 is 5.78. The number of hydrogen-bond donors (Lipinski definition) is 1. The van der Waals surface area contributed by atoms with Crippen LogP contribution in [0.3, 0.4) is 0 Å². The van der Waals surface area contributed by atoms with E-state index in [1.165, 1.54) is 25.0 Å². The number of nitrogens with one attached hydrogen (secondary N) is 1. The maximum absolute atomic E-state index is 12.2. The lowest BCUT2D eigenvalue weighted by Gasteiger charge is -2.11. The summed E-state index contributed by atoms with van der Waals surface area (Å²) in [6.07, 6.45) is 0. The Bertz CT molecular complexity index is 669. The number of H-pyrrole nitrogens is 1. The van der Waals surface area contributed by atoms with E-state index < -0.39 is 7.60 Å². The number of rotatable bonds is 4. The molecule has 2 aromatic rings. The van der Waals surface area contributed by atoms with Gasteiger partial charge in [-0.05, 0) is 24.3 Å². The minimum atomic E-state index is -3.47.